The van der Waals surface area contributed by atoms with Gasteiger partial charge in [-0.2, -0.15) is 0 Å². The summed E-state index contributed by atoms with van der Waals surface area (Å²) in [6, 6.07) is 0. The zero-order valence-corrected chi connectivity index (χ0v) is 15.8. The molecule has 2 N–H and O–H groups in total. The molecule has 8 heteroatoms. The van der Waals surface area contributed by atoms with E-state index in [0.717, 1.165) is 61.0 Å². The van der Waals surface area contributed by atoms with Gasteiger partial charge < -0.3 is 19.7 Å². The third-order valence-electron chi connectivity index (χ3n) is 4.33. The van der Waals surface area contributed by atoms with E-state index in [1.54, 1.807) is 0 Å². The Bertz CT molecular complexity index is 756. The molecule has 0 bridgehead atoms. The monoisotopic (exact) mass is 365 g/mol. The molecule has 1 aliphatic heterocycles. The average Bonchev–Trinajstić information content (AvgIpc) is 2.92. The zero-order chi connectivity index (χ0) is 17.8. The first-order chi connectivity index (χ1) is 12.1. The molecule has 25 heavy (non-hydrogen) atoms. The topological polar surface area (TPSA) is 77.8 Å². The quantitative estimate of drug-likeness (QED) is 0.738. The zero-order valence-electron chi connectivity index (χ0n) is 15.0. The summed E-state index contributed by atoms with van der Waals surface area (Å²) < 4.78 is 10.6. The van der Waals surface area contributed by atoms with Gasteiger partial charge in [-0.3, -0.25) is 0 Å². The lowest BCUT2D eigenvalue weighted by Gasteiger charge is -2.23. The molecule has 2 aromatic heterocycles. The standard InChI is InChI=1S/C17H24N4O3S/c1-4-24-17(22)14-11(2)13-15(19-12(3)20-16(13)25-14)18-5-6-21-7-9-23-10-8-21/h4-10H2,1-3H3,(H,18,19,20)/p+1. The molecule has 0 aromatic carbocycles. The van der Waals surface area contributed by atoms with Crippen molar-refractivity contribution in [1.29, 1.82) is 0 Å². The number of hydrogen-bond donors (Lipinski definition) is 2. The number of ether oxygens (including phenoxy) is 2. The van der Waals surface area contributed by atoms with Crippen LogP contribution in [-0.2, 0) is 9.47 Å². The maximum atomic E-state index is 12.2. The Morgan fingerprint density at radius 1 is 1.32 bits per heavy atom. The summed E-state index contributed by atoms with van der Waals surface area (Å²) in [6.07, 6.45) is 0. The van der Waals surface area contributed by atoms with Crippen molar-refractivity contribution in [2.45, 2.75) is 20.8 Å². The van der Waals surface area contributed by atoms with Crippen molar-refractivity contribution in [3.8, 4) is 0 Å². The first-order valence-electron chi connectivity index (χ1n) is 8.70. The van der Waals surface area contributed by atoms with Crippen LogP contribution in [0.2, 0.25) is 0 Å². The van der Waals surface area contributed by atoms with Crippen LogP contribution in [0.1, 0.15) is 28.0 Å². The Hall–Kier alpha value is -1.77. The molecule has 1 fully saturated rings. The number of aryl methyl sites for hydroxylation is 2. The SMILES string of the molecule is CCOC(=O)c1sc2nc(C)nc(NCC[NH+]3CCOCC3)c2c1C. The van der Waals surface area contributed by atoms with Crippen LogP contribution in [0.15, 0.2) is 0 Å². The van der Waals surface area contributed by atoms with E-state index in [-0.39, 0.29) is 5.97 Å². The number of esters is 1. The van der Waals surface area contributed by atoms with Crippen molar-refractivity contribution >= 4 is 33.3 Å². The van der Waals surface area contributed by atoms with Crippen LogP contribution < -0.4 is 10.2 Å². The molecule has 3 heterocycles. The first-order valence-corrected chi connectivity index (χ1v) is 9.51. The lowest BCUT2D eigenvalue weighted by Crippen LogP contribution is -3.14. The summed E-state index contributed by atoms with van der Waals surface area (Å²) >= 11 is 1.37. The smallest absolute Gasteiger partial charge is 0.348 e. The second-order valence-corrected chi connectivity index (χ2v) is 7.11. The molecule has 1 saturated heterocycles. The number of morpholine rings is 1. The summed E-state index contributed by atoms with van der Waals surface area (Å²) in [6.45, 7) is 11.6. The number of fused-ring (bicyclic) bond motifs is 1. The Labute approximate surface area is 151 Å². The van der Waals surface area contributed by atoms with Crippen molar-refractivity contribution in [3.05, 3.63) is 16.3 Å². The summed E-state index contributed by atoms with van der Waals surface area (Å²) in [5, 5.41) is 4.37. The number of carbonyl (C=O) groups excluding carboxylic acids is 1. The molecule has 0 atom stereocenters. The molecule has 0 unspecified atom stereocenters. The van der Waals surface area contributed by atoms with Gasteiger partial charge in [0.15, 0.2) is 0 Å². The molecule has 2 aromatic rings. The summed E-state index contributed by atoms with van der Waals surface area (Å²) in [5.41, 5.74) is 0.889. The second-order valence-electron chi connectivity index (χ2n) is 6.12. The number of nitrogens with one attached hydrogen (secondary N) is 2. The Morgan fingerprint density at radius 3 is 2.80 bits per heavy atom. The number of aromatic nitrogens is 2. The Balaban J connectivity index is 1.80. The van der Waals surface area contributed by atoms with E-state index in [1.807, 2.05) is 20.8 Å². The van der Waals surface area contributed by atoms with E-state index in [4.69, 9.17) is 9.47 Å². The van der Waals surface area contributed by atoms with Crippen molar-refractivity contribution in [3.63, 3.8) is 0 Å². The lowest BCUT2D eigenvalue weighted by molar-refractivity contribution is -0.906. The molecule has 3 rings (SSSR count). The first kappa shape index (κ1) is 18.0. The minimum atomic E-state index is -0.288. The van der Waals surface area contributed by atoms with Gasteiger partial charge >= 0.3 is 5.97 Å². The predicted octanol–water partition coefficient (Wildman–Crippen LogP) is 0.812. The van der Waals surface area contributed by atoms with Gasteiger partial charge in [-0.1, -0.05) is 0 Å². The molecular formula is C17H25N4O3S+. The highest BCUT2D eigenvalue weighted by Crippen LogP contribution is 2.34. The number of carbonyl (C=O) groups is 1. The molecule has 0 aliphatic carbocycles. The second kappa shape index (κ2) is 8.07. The van der Waals surface area contributed by atoms with Gasteiger partial charge in [0, 0.05) is 0 Å². The highest BCUT2D eigenvalue weighted by Gasteiger charge is 2.21. The average molecular weight is 365 g/mol. The van der Waals surface area contributed by atoms with Gasteiger partial charge in [0.05, 0.1) is 38.3 Å². The fourth-order valence-corrected chi connectivity index (χ4v) is 4.15. The molecule has 0 spiro atoms. The Morgan fingerprint density at radius 2 is 2.08 bits per heavy atom. The molecule has 0 radical (unpaired) electrons. The van der Waals surface area contributed by atoms with E-state index >= 15 is 0 Å². The number of thiophene rings is 1. The van der Waals surface area contributed by atoms with Crippen LogP contribution in [-0.4, -0.2) is 61.9 Å². The largest absolute Gasteiger partial charge is 0.462 e. The highest BCUT2D eigenvalue weighted by molar-refractivity contribution is 7.20. The van der Waals surface area contributed by atoms with Gasteiger partial charge in [0.2, 0.25) is 0 Å². The van der Waals surface area contributed by atoms with Gasteiger partial charge in [-0.25, -0.2) is 14.8 Å². The molecular weight excluding hydrogens is 340 g/mol. The molecule has 0 saturated carbocycles. The van der Waals surface area contributed by atoms with Gasteiger partial charge in [0.1, 0.15) is 34.4 Å². The van der Waals surface area contributed by atoms with Crippen molar-refractivity contribution < 1.29 is 19.2 Å². The normalized spacial score (nSPS) is 15.5. The number of rotatable bonds is 6. The number of hydrogen-bond acceptors (Lipinski definition) is 7. The van der Waals surface area contributed by atoms with Crippen molar-refractivity contribution in [2.75, 3.05) is 51.3 Å². The van der Waals surface area contributed by atoms with E-state index < -0.39 is 0 Å². The van der Waals surface area contributed by atoms with Crippen molar-refractivity contribution in [1.82, 2.24) is 9.97 Å². The summed E-state index contributed by atoms with van der Waals surface area (Å²) in [7, 11) is 0. The van der Waals surface area contributed by atoms with E-state index in [9.17, 15) is 4.79 Å². The number of nitrogens with zero attached hydrogens (tertiary/aromatic N) is 2. The number of quaternary nitrogens is 1. The fraction of sp³-hybridized carbons (Fsp3) is 0.588. The van der Waals surface area contributed by atoms with Crippen molar-refractivity contribution in [2.24, 2.45) is 0 Å². The fourth-order valence-electron chi connectivity index (χ4n) is 3.03. The Kier molecular flexibility index (Phi) is 5.82. The summed E-state index contributed by atoms with van der Waals surface area (Å²) in [5.74, 6) is 1.22. The minimum Gasteiger partial charge on any atom is -0.462 e. The maximum absolute atomic E-state index is 12.2. The van der Waals surface area contributed by atoms with E-state index in [1.165, 1.54) is 16.2 Å². The van der Waals surface area contributed by atoms with Gasteiger partial charge in [-0.05, 0) is 26.3 Å². The predicted molar refractivity (Wildman–Crippen MR) is 97.7 cm³/mol. The van der Waals surface area contributed by atoms with Crippen LogP contribution in [0.3, 0.4) is 0 Å². The summed E-state index contributed by atoms with van der Waals surface area (Å²) in [4.78, 5) is 24.2. The van der Waals surface area contributed by atoms with E-state index in [0.29, 0.717) is 17.3 Å². The lowest BCUT2D eigenvalue weighted by atomic mass is 10.2. The molecule has 7 nitrogen and oxygen atoms in total. The molecule has 1 aliphatic rings. The van der Waals surface area contributed by atoms with Gasteiger partial charge in [0.25, 0.3) is 0 Å². The maximum Gasteiger partial charge on any atom is 0.348 e. The number of anilines is 1. The van der Waals surface area contributed by atoms with Crippen LogP contribution >= 0.6 is 11.3 Å². The molecule has 136 valence electrons. The van der Waals surface area contributed by atoms with Crippen LogP contribution in [0.25, 0.3) is 10.2 Å². The minimum absolute atomic E-state index is 0.288. The van der Waals surface area contributed by atoms with Crippen LogP contribution in [0.4, 0.5) is 5.82 Å². The van der Waals surface area contributed by atoms with Gasteiger partial charge in [-0.15, -0.1) is 11.3 Å². The third kappa shape index (κ3) is 4.08. The molecule has 0 amide bonds. The third-order valence-corrected chi connectivity index (χ3v) is 5.50. The van der Waals surface area contributed by atoms with E-state index in [2.05, 4.69) is 15.3 Å². The highest BCUT2D eigenvalue weighted by atomic mass is 32.1. The van der Waals surface area contributed by atoms with Crippen LogP contribution in [0.5, 0.6) is 0 Å². The van der Waals surface area contributed by atoms with Crippen LogP contribution in [0, 0.1) is 13.8 Å².